The Labute approximate surface area is 119 Å². The third-order valence-electron chi connectivity index (χ3n) is 2.56. The highest BCUT2D eigenvalue weighted by atomic mass is 16.2. The van der Waals surface area contributed by atoms with Crippen LogP contribution in [0.2, 0.25) is 0 Å². The molecule has 0 spiro atoms. The van der Waals surface area contributed by atoms with Crippen molar-refractivity contribution < 1.29 is 9.59 Å². The van der Waals surface area contributed by atoms with Gasteiger partial charge in [-0.05, 0) is 23.6 Å². The van der Waals surface area contributed by atoms with Gasteiger partial charge < -0.3 is 10.6 Å². The Morgan fingerprint density at radius 3 is 2.40 bits per heavy atom. The Balaban J connectivity index is 2.46. The highest BCUT2D eigenvalue weighted by Crippen LogP contribution is 2.11. The normalized spacial score (nSPS) is 9.90. The van der Waals surface area contributed by atoms with Crippen molar-refractivity contribution in [2.24, 2.45) is 5.92 Å². The van der Waals surface area contributed by atoms with Crippen LogP contribution in [0.1, 0.15) is 32.3 Å². The van der Waals surface area contributed by atoms with Gasteiger partial charge in [-0.15, -0.1) is 0 Å². The SMILES string of the molecule is CC(C)CC(=O)Nc1ccc(CNC(=O)CC#N)cc1. The van der Waals surface area contributed by atoms with E-state index < -0.39 is 0 Å². The van der Waals surface area contributed by atoms with Crippen LogP contribution in [0.3, 0.4) is 0 Å². The summed E-state index contributed by atoms with van der Waals surface area (Å²) < 4.78 is 0. The highest BCUT2D eigenvalue weighted by molar-refractivity contribution is 5.90. The summed E-state index contributed by atoms with van der Waals surface area (Å²) in [6.07, 6.45) is 0.356. The molecule has 0 bridgehead atoms. The molecule has 0 atom stereocenters. The summed E-state index contributed by atoms with van der Waals surface area (Å²) in [5.41, 5.74) is 1.65. The molecule has 0 aliphatic rings. The number of hydrogen-bond donors (Lipinski definition) is 2. The average molecular weight is 273 g/mol. The first-order valence-corrected chi connectivity index (χ1v) is 6.53. The van der Waals surface area contributed by atoms with Gasteiger partial charge >= 0.3 is 0 Å². The fraction of sp³-hybridized carbons (Fsp3) is 0.400. The van der Waals surface area contributed by atoms with Crippen molar-refractivity contribution >= 4 is 17.5 Å². The molecule has 0 saturated heterocycles. The van der Waals surface area contributed by atoms with E-state index >= 15 is 0 Å². The van der Waals surface area contributed by atoms with Crippen LogP contribution in [0.4, 0.5) is 5.69 Å². The minimum Gasteiger partial charge on any atom is -0.351 e. The number of amides is 2. The van der Waals surface area contributed by atoms with Crippen LogP contribution >= 0.6 is 0 Å². The summed E-state index contributed by atoms with van der Waals surface area (Å²) in [7, 11) is 0. The summed E-state index contributed by atoms with van der Waals surface area (Å²) in [4.78, 5) is 22.7. The van der Waals surface area contributed by atoms with Crippen molar-refractivity contribution in [3.8, 4) is 6.07 Å². The van der Waals surface area contributed by atoms with E-state index in [9.17, 15) is 9.59 Å². The smallest absolute Gasteiger partial charge is 0.234 e. The Morgan fingerprint density at radius 1 is 1.20 bits per heavy atom. The number of rotatable bonds is 6. The highest BCUT2D eigenvalue weighted by Gasteiger charge is 2.05. The van der Waals surface area contributed by atoms with E-state index in [1.54, 1.807) is 18.2 Å². The fourth-order valence-corrected chi connectivity index (χ4v) is 1.62. The largest absolute Gasteiger partial charge is 0.351 e. The van der Waals surface area contributed by atoms with Gasteiger partial charge in [0.2, 0.25) is 11.8 Å². The van der Waals surface area contributed by atoms with E-state index in [-0.39, 0.29) is 18.2 Å². The lowest BCUT2D eigenvalue weighted by molar-refractivity contribution is -0.120. The van der Waals surface area contributed by atoms with Crippen LogP contribution in [-0.4, -0.2) is 11.8 Å². The molecular weight excluding hydrogens is 254 g/mol. The lowest BCUT2D eigenvalue weighted by Crippen LogP contribution is -2.21. The predicted octanol–water partition coefficient (Wildman–Crippen LogP) is 2.20. The van der Waals surface area contributed by atoms with E-state index in [2.05, 4.69) is 10.6 Å². The molecule has 0 radical (unpaired) electrons. The molecule has 0 aliphatic carbocycles. The minimum absolute atomic E-state index is 0.00456. The van der Waals surface area contributed by atoms with Crippen molar-refractivity contribution in [2.75, 3.05) is 5.32 Å². The summed E-state index contributed by atoms with van der Waals surface area (Å²) >= 11 is 0. The molecule has 0 saturated carbocycles. The minimum atomic E-state index is -0.290. The van der Waals surface area contributed by atoms with Crippen molar-refractivity contribution in [1.29, 1.82) is 5.26 Å². The quantitative estimate of drug-likeness (QED) is 0.833. The number of benzene rings is 1. The second-order valence-electron chi connectivity index (χ2n) is 4.95. The number of carbonyl (C=O) groups excluding carboxylic acids is 2. The maximum atomic E-state index is 11.6. The van der Waals surface area contributed by atoms with Crippen LogP contribution in [0.15, 0.2) is 24.3 Å². The first kappa shape index (κ1) is 15.7. The summed E-state index contributed by atoms with van der Waals surface area (Å²) in [6, 6.07) is 9.04. The number of anilines is 1. The third-order valence-corrected chi connectivity index (χ3v) is 2.56. The molecule has 5 heteroatoms. The van der Waals surface area contributed by atoms with Gasteiger partial charge in [0, 0.05) is 18.7 Å². The molecule has 1 aromatic carbocycles. The molecule has 0 heterocycles. The maximum absolute atomic E-state index is 11.6. The van der Waals surface area contributed by atoms with Crippen LogP contribution < -0.4 is 10.6 Å². The van der Waals surface area contributed by atoms with Crippen LogP contribution in [0.5, 0.6) is 0 Å². The monoisotopic (exact) mass is 273 g/mol. The predicted molar refractivity (Wildman–Crippen MR) is 76.6 cm³/mol. The average Bonchev–Trinajstić information content (AvgIpc) is 2.37. The van der Waals surface area contributed by atoms with Gasteiger partial charge in [0.25, 0.3) is 0 Å². The molecule has 0 aromatic heterocycles. The topological polar surface area (TPSA) is 82.0 Å². The zero-order chi connectivity index (χ0) is 15.0. The van der Waals surface area contributed by atoms with E-state index in [0.717, 1.165) is 11.3 Å². The van der Waals surface area contributed by atoms with E-state index in [0.29, 0.717) is 18.9 Å². The van der Waals surface area contributed by atoms with E-state index in [1.165, 1.54) is 0 Å². The molecule has 0 aliphatic heterocycles. The second-order valence-corrected chi connectivity index (χ2v) is 4.95. The number of nitriles is 1. The lowest BCUT2D eigenvalue weighted by Gasteiger charge is -2.08. The Bertz CT molecular complexity index is 501. The molecule has 20 heavy (non-hydrogen) atoms. The fourth-order valence-electron chi connectivity index (χ4n) is 1.62. The van der Waals surface area contributed by atoms with Gasteiger partial charge in [0.1, 0.15) is 6.42 Å². The lowest BCUT2D eigenvalue weighted by atomic mass is 10.1. The van der Waals surface area contributed by atoms with E-state index in [1.807, 2.05) is 26.0 Å². The molecule has 0 unspecified atom stereocenters. The summed E-state index contributed by atoms with van der Waals surface area (Å²) in [5, 5.41) is 13.8. The van der Waals surface area contributed by atoms with E-state index in [4.69, 9.17) is 5.26 Å². The molecule has 2 N–H and O–H groups in total. The van der Waals surface area contributed by atoms with Crippen molar-refractivity contribution in [2.45, 2.75) is 33.2 Å². The molecule has 2 amide bonds. The standard InChI is InChI=1S/C15H19N3O2/c1-11(2)9-15(20)18-13-5-3-12(4-6-13)10-17-14(19)7-8-16/h3-6,11H,7,9-10H2,1-2H3,(H,17,19)(H,18,20). The first-order chi connectivity index (χ1) is 9.51. The summed E-state index contributed by atoms with van der Waals surface area (Å²) in [5.74, 6) is 0.0292. The molecular formula is C15H19N3O2. The number of hydrogen-bond acceptors (Lipinski definition) is 3. The number of nitrogens with zero attached hydrogens (tertiary/aromatic N) is 1. The van der Waals surface area contributed by atoms with Gasteiger partial charge in [0.15, 0.2) is 0 Å². The van der Waals surface area contributed by atoms with Gasteiger partial charge in [-0.1, -0.05) is 26.0 Å². The molecule has 1 rings (SSSR count). The van der Waals surface area contributed by atoms with Crippen LogP contribution in [0.25, 0.3) is 0 Å². The van der Waals surface area contributed by atoms with Crippen molar-refractivity contribution in [1.82, 2.24) is 5.32 Å². The molecule has 0 fully saturated rings. The van der Waals surface area contributed by atoms with Gasteiger partial charge in [-0.3, -0.25) is 9.59 Å². The molecule has 106 valence electrons. The number of carbonyl (C=O) groups is 2. The Morgan fingerprint density at radius 2 is 1.85 bits per heavy atom. The second kappa shape index (κ2) is 7.95. The Hall–Kier alpha value is -2.35. The van der Waals surface area contributed by atoms with Crippen LogP contribution in [0, 0.1) is 17.2 Å². The molecule has 1 aromatic rings. The van der Waals surface area contributed by atoms with Crippen LogP contribution in [-0.2, 0) is 16.1 Å². The van der Waals surface area contributed by atoms with Crippen molar-refractivity contribution in [3.05, 3.63) is 29.8 Å². The Kier molecular flexibility index (Phi) is 6.24. The third kappa shape index (κ3) is 6.01. The first-order valence-electron chi connectivity index (χ1n) is 6.53. The summed E-state index contributed by atoms with van der Waals surface area (Å²) in [6.45, 7) is 4.36. The van der Waals surface area contributed by atoms with Gasteiger partial charge in [-0.2, -0.15) is 5.26 Å². The van der Waals surface area contributed by atoms with Crippen molar-refractivity contribution in [3.63, 3.8) is 0 Å². The zero-order valence-corrected chi connectivity index (χ0v) is 11.8. The molecule has 5 nitrogen and oxygen atoms in total. The van der Waals surface area contributed by atoms with Gasteiger partial charge in [-0.25, -0.2) is 0 Å². The maximum Gasteiger partial charge on any atom is 0.234 e. The number of nitrogens with one attached hydrogen (secondary N) is 2. The zero-order valence-electron chi connectivity index (χ0n) is 11.8. The van der Waals surface area contributed by atoms with Gasteiger partial charge in [0.05, 0.1) is 6.07 Å².